The molecule has 0 saturated carbocycles. The monoisotopic (exact) mass is 252 g/mol. The molecule has 1 aliphatic heterocycles. The summed E-state index contributed by atoms with van der Waals surface area (Å²) < 4.78 is 0. The van der Waals surface area contributed by atoms with E-state index in [4.69, 9.17) is 5.73 Å². The number of hydrogen-bond acceptors (Lipinski definition) is 3. The van der Waals surface area contributed by atoms with Crippen molar-refractivity contribution in [2.24, 2.45) is 0 Å². The fraction of sp³-hybridized carbons (Fsp3) is 0.0667. The van der Waals surface area contributed by atoms with E-state index in [2.05, 4.69) is 0 Å². The Morgan fingerprint density at radius 3 is 2.32 bits per heavy atom. The number of anilines is 1. The number of rotatable bonds is 2. The quantitative estimate of drug-likeness (QED) is 0.657. The van der Waals surface area contributed by atoms with Gasteiger partial charge >= 0.3 is 0 Å². The minimum atomic E-state index is -0.318. The lowest BCUT2D eigenvalue weighted by molar-refractivity contribution is 0.0642. The summed E-state index contributed by atoms with van der Waals surface area (Å²) >= 11 is 0. The van der Waals surface area contributed by atoms with Crippen LogP contribution in [0, 0.1) is 0 Å². The maximum atomic E-state index is 12.3. The van der Waals surface area contributed by atoms with Crippen molar-refractivity contribution in [1.29, 1.82) is 0 Å². The molecule has 2 amide bonds. The van der Waals surface area contributed by atoms with Gasteiger partial charge in [0.25, 0.3) is 11.8 Å². The van der Waals surface area contributed by atoms with Gasteiger partial charge in [-0.05, 0) is 17.7 Å². The molecule has 1 heterocycles. The van der Waals surface area contributed by atoms with Crippen molar-refractivity contribution in [3.63, 3.8) is 0 Å². The minimum Gasteiger partial charge on any atom is -0.398 e. The number of carbonyl (C=O) groups excluding carboxylic acids is 2. The van der Waals surface area contributed by atoms with E-state index in [1.54, 1.807) is 18.2 Å². The molecule has 0 atom stereocenters. The molecule has 4 heteroatoms. The Morgan fingerprint density at radius 2 is 1.63 bits per heavy atom. The summed E-state index contributed by atoms with van der Waals surface area (Å²) in [5.74, 6) is -0.599. The predicted octanol–water partition coefficient (Wildman–Crippen LogP) is 2.07. The van der Waals surface area contributed by atoms with Crippen LogP contribution >= 0.6 is 0 Å². The van der Waals surface area contributed by atoms with Gasteiger partial charge in [-0.25, -0.2) is 0 Å². The molecule has 0 bridgehead atoms. The van der Waals surface area contributed by atoms with Crippen molar-refractivity contribution in [3.05, 3.63) is 65.2 Å². The van der Waals surface area contributed by atoms with Crippen molar-refractivity contribution < 1.29 is 9.59 Å². The molecule has 4 nitrogen and oxygen atoms in total. The first-order valence-electron chi connectivity index (χ1n) is 5.97. The molecule has 0 aromatic heterocycles. The molecule has 0 unspecified atom stereocenters. The van der Waals surface area contributed by atoms with Gasteiger partial charge in [0.2, 0.25) is 0 Å². The zero-order valence-corrected chi connectivity index (χ0v) is 10.2. The molecule has 1 aliphatic rings. The summed E-state index contributed by atoms with van der Waals surface area (Å²) in [4.78, 5) is 25.7. The fourth-order valence-electron chi connectivity index (χ4n) is 2.27. The number of nitrogen functional groups attached to an aromatic ring is 1. The average Bonchev–Trinajstić information content (AvgIpc) is 2.66. The van der Waals surface area contributed by atoms with E-state index in [9.17, 15) is 9.59 Å². The first-order valence-corrected chi connectivity index (χ1v) is 5.97. The Morgan fingerprint density at radius 1 is 0.895 bits per heavy atom. The van der Waals surface area contributed by atoms with Crippen LogP contribution in [0.5, 0.6) is 0 Å². The Kier molecular flexibility index (Phi) is 2.56. The van der Waals surface area contributed by atoms with E-state index < -0.39 is 0 Å². The number of fused-ring (bicyclic) bond motifs is 1. The average molecular weight is 252 g/mol. The Labute approximate surface area is 110 Å². The van der Waals surface area contributed by atoms with E-state index in [0.29, 0.717) is 16.8 Å². The van der Waals surface area contributed by atoms with Gasteiger partial charge in [-0.3, -0.25) is 14.5 Å². The molecule has 2 aromatic rings. The van der Waals surface area contributed by atoms with Crippen LogP contribution in [0.15, 0.2) is 48.5 Å². The van der Waals surface area contributed by atoms with E-state index >= 15 is 0 Å². The van der Waals surface area contributed by atoms with Gasteiger partial charge in [0.15, 0.2) is 0 Å². The zero-order chi connectivity index (χ0) is 13.4. The summed E-state index contributed by atoms with van der Waals surface area (Å²) in [5, 5.41) is 0. The molecule has 0 spiro atoms. The second kappa shape index (κ2) is 4.24. The maximum Gasteiger partial charge on any atom is 0.263 e. The summed E-state index contributed by atoms with van der Waals surface area (Å²) in [5.41, 5.74) is 7.76. The first-order chi connectivity index (χ1) is 9.18. The third-order valence-electron chi connectivity index (χ3n) is 3.21. The molecule has 0 aliphatic carbocycles. The molecule has 2 N–H and O–H groups in total. The van der Waals surface area contributed by atoms with Gasteiger partial charge in [-0.15, -0.1) is 0 Å². The van der Waals surface area contributed by atoms with E-state index in [0.717, 1.165) is 5.56 Å². The molecule has 94 valence electrons. The largest absolute Gasteiger partial charge is 0.398 e. The van der Waals surface area contributed by atoms with Crippen molar-refractivity contribution >= 4 is 17.5 Å². The van der Waals surface area contributed by atoms with Crippen LogP contribution in [0.2, 0.25) is 0 Å². The van der Waals surface area contributed by atoms with Crippen LogP contribution in [0.1, 0.15) is 26.3 Å². The predicted molar refractivity (Wildman–Crippen MR) is 71.5 cm³/mol. The summed E-state index contributed by atoms with van der Waals surface area (Å²) in [7, 11) is 0. The lowest BCUT2D eigenvalue weighted by atomic mass is 10.1. The number of carbonyl (C=O) groups is 2. The molecule has 19 heavy (non-hydrogen) atoms. The highest BCUT2D eigenvalue weighted by molar-refractivity contribution is 6.23. The SMILES string of the molecule is Nc1cccc2c1C(=O)N(Cc1ccccc1)C2=O. The van der Waals surface area contributed by atoms with Crippen molar-refractivity contribution in [3.8, 4) is 0 Å². The smallest absolute Gasteiger partial charge is 0.263 e. The third kappa shape index (κ3) is 1.78. The molecule has 0 saturated heterocycles. The molecule has 2 aromatic carbocycles. The molecule has 3 rings (SSSR count). The Hall–Kier alpha value is -2.62. The minimum absolute atomic E-state index is 0.270. The third-order valence-corrected chi connectivity index (χ3v) is 3.21. The van der Waals surface area contributed by atoms with Crippen LogP contribution in [-0.2, 0) is 6.54 Å². The van der Waals surface area contributed by atoms with Crippen molar-refractivity contribution in [2.45, 2.75) is 6.54 Å². The summed E-state index contributed by atoms with van der Waals surface area (Å²) in [6.07, 6.45) is 0. The van der Waals surface area contributed by atoms with Crippen LogP contribution in [0.4, 0.5) is 5.69 Å². The van der Waals surface area contributed by atoms with E-state index in [-0.39, 0.29) is 18.4 Å². The highest BCUT2D eigenvalue weighted by Crippen LogP contribution is 2.28. The highest BCUT2D eigenvalue weighted by Gasteiger charge is 2.36. The standard InChI is InChI=1S/C15H12N2O2/c16-12-8-4-7-11-13(12)15(19)17(14(11)18)9-10-5-2-1-3-6-10/h1-8H,9,16H2. The van der Waals surface area contributed by atoms with Crippen LogP contribution in [0.3, 0.4) is 0 Å². The van der Waals surface area contributed by atoms with Gasteiger partial charge < -0.3 is 5.73 Å². The van der Waals surface area contributed by atoms with E-state index in [1.165, 1.54) is 4.90 Å². The number of hydrogen-bond donors (Lipinski definition) is 1. The summed E-state index contributed by atoms with van der Waals surface area (Å²) in [6.45, 7) is 0.270. The van der Waals surface area contributed by atoms with Crippen molar-refractivity contribution in [2.75, 3.05) is 5.73 Å². The highest BCUT2D eigenvalue weighted by atomic mass is 16.2. The second-order valence-corrected chi connectivity index (χ2v) is 4.45. The lowest BCUT2D eigenvalue weighted by Gasteiger charge is -2.13. The molecule has 0 fully saturated rings. The maximum absolute atomic E-state index is 12.3. The van der Waals surface area contributed by atoms with Gasteiger partial charge in [0.05, 0.1) is 17.7 Å². The van der Waals surface area contributed by atoms with Crippen LogP contribution < -0.4 is 5.73 Å². The van der Waals surface area contributed by atoms with Gasteiger partial charge in [0.1, 0.15) is 0 Å². The van der Waals surface area contributed by atoms with E-state index in [1.807, 2.05) is 30.3 Å². The van der Waals surface area contributed by atoms with Crippen LogP contribution in [-0.4, -0.2) is 16.7 Å². The number of nitrogens with two attached hydrogens (primary N) is 1. The number of imide groups is 1. The van der Waals surface area contributed by atoms with Crippen LogP contribution in [0.25, 0.3) is 0 Å². The van der Waals surface area contributed by atoms with Gasteiger partial charge in [-0.1, -0.05) is 36.4 Å². The number of nitrogens with zero attached hydrogens (tertiary/aromatic N) is 1. The summed E-state index contributed by atoms with van der Waals surface area (Å²) in [6, 6.07) is 14.4. The molecule has 0 radical (unpaired) electrons. The molecular weight excluding hydrogens is 240 g/mol. The Balaban J connectivity index is 1.97. The first kappa shape index (κ1) is 11.5. The van der Waals surface area contributed by atoms with Gasteiger partial charge in [0, 0.05) is 5.69 Å². The van der Waals surface area contributed by atoms with Crippen molar-refractivity contribution in [1.82, 2.24) is 4.90 Å². The second-order valence-electron chi connectivity index (χ2n) is 4.45. The number of amides is 2. The fourth-order valence-corrected chi connectivity index (χ4v) is 2.27. The lowest BCUT2D eigenvalue weighted by Crippen LogP contribution is -2.29. The number of benzene rings is 2. The normalized spacial score (nSPS) is 13.8. The molecular formula is C15H12N2O2. The zero-order valence-electron chi connectivity index (χ0n) is 10.2. The Bertz CT molecular complexity index is 665. The van der Waals surface area contributed by atoms with Gasteiger partial charge in [-0.2, -0.15) is 0 Å². The topological polar surface area (TPSA) is 63.4 Å².